The van der Waals surface area contributed by atoms with Crippen molar-refractivity contribution in [1.29, 1.82) is 0 Å². The van der Waals surface area contributed by atoms with Crippen LogP contribution in [0.1, 0.15) is 19.8 Å². The number of nitrogens with zero attached hydrogens (tertiary/aromatic N) is 4. The minimum absolute atomic E-state index is 0.162. The number of hydrogen-bond donors (Lipinski definition) is 1. The Bertz CT molecular complexity index is 740. The summed E-state index contributed by atoms with van der Waals surface area (Å²) in [7, 11) is -3.08. The van der Waals surface area contributed by atoms with Crippen molar-refractivity contribution in [2.24, 2.45) is 0 Å². The number of sulfonamides is 1. The quantitative estimate of drug-likeness (QED) is 0.882. The minimum Gasteiger partial charge on any atom is -0.357 e. The zero-order chi connectivity index (χ0) is 16.3. The van der Waals surface area contributed by atoms with Crippen LogP contribution in [-0.2, 0) is 10.0 Å². The fraction of sp³-hybridized carbons (Fsp3) is 0.500. The number of nitrogens with one attached hydrogen (secondary N) is 1. The molecule has 0 aliphatic carbocycles. The Labute approximate surface area is 139 Å². The van der Waals surface area contributed by atoms with E-state index in [0.717, 1.165) is 28.7 Å². The summed E-state index contributed by atoms with van der Waals surface area (Å²) in [5.74, 6) is 0.162. The van der Waals surface area contributed by atoms with Crippen molar-refractivity contribution in [3.63, 3.8) is 0 Å². The van der Waals surface area contributed by atoms with Gasteiger partial charge in [-0.15, -0.1) is 10.2 Å². The number of aromatic nitrogens is 3. The second-order valence-electron chi connectivity index (χ2n) is 5.35. The summed E-state index contributed by atoms with van der Waals surface area (Å²) in [5.41, 5.74) is 0.807. The highest BCUT2D eigenvalue weighted by Crippen LogP contribution is 2.26. The molecule has 3 rings (SSSR count). The monoisotopic (exact) mass is 353 g/mol. The lowest BCUT2D eigenvalue weighted by Gasteiger charge is -2.31. The van der Waals surface area contributed by atoms with Gasteiger partial charge in [0.25, 0.3) is 0 Å². The number of pyridine rings is 1. The molecule has 0 bridgehead atoms. The lowest BCUT2D eigenvalue weighted by molar-refractivity contribution is 0.330. The van der Waals surface area contributed by atoms with Gasteiger partial charge in [-0.1, -0.05) is 17.4 Å². The molecular weight excluding hydrogens is 334 g/mol. The van der Waals surface area contributed by atoms with Crippen LogP contribution in [0, 0.1) is 0 Å². The van der Waals surface area contributed by atoms with E-state index >= 15 is 0 Å². The average Bonchev–Trinajstić information content (AvgIpc) is 3.05. The van der Waals surface area contributed by atoms with Crippen molar-refractivity contribution in [2.45, 2.75) is 25.8 Å². The number of hydrogen-bond acceptors (Lipinski definition) is 7. The Morgan fingerprint density at radius 2 is 2.09 bits per heavy atom. The minimum atomic E-state index is -3.08. The molecule has 1 aliphatic rings. The van der Waals surface area contributed by atoms with Gasteiger partial charge in [0.2, 0.25) is 15.2 Å². The molecular formula is C14H19N5O2S2. The van der Waals surface area contributed by atoms with Crippen molar-refractivity contribution < 1.29 is 8.42 Å². The van der Waals surface area contributed by atoms with Crippen LogP contribution >= 0.6 is 11.3 Å². The molecule has 2 aromatic rings. The molecule has 2 aromatic heterocycles. The molecule has 1 saturated heterocycles. The molecule has 0 aromatic carbocycles. The molecule has 124 valence electrons. The summed E-state index contributed by atoms with van der Waals surface area (Å²) in [4.78, 5) is 4.26. The first-order chi connectivity index (χ1) is 11.1. The predicted molar refractivity (Wildman–Crippen MR) is 90.8 cm³/mol. The van der Waals surface area contributed by atoms with E-state index in [1.54, 1.807) is 17.4 Å². The Morgan fingerprint density at radius 1 is 1.30 bits per heavy atom. The Morgan fingerprint density at radius 3 is 2.74 bits per heavy atom. The first-order valence-electron chi connectivity index (χ1n) is 7.58. The Balaban J connectivity index is 1.59. The van der Waals surface area contributed by atoms with Gasteiger partial charge in [-0.05, 0) is 31.9 Å². The lowest BCUT2D eigenvalue weighted by atomic mass is 10.1. The van der Waals surface area contributed by atoms with Gasteiger partial charge in [0.15, 0.2) is 5.01 Å². The third kappa shape index (κ3) is 3.85. The zero-order valence-corrected chi connectivity index (χ0v) is 14.5. The van der Waals surface area contributed by atoms with Crippen molar-refractivity contribution in [3.8, 4) is 10.7 Å². The SMILES string of the molecule is CCS(=O)(=O)N1CCC(Nc2nnc(-c3ccccn3)s2)CC1. The van der Waals surface area contributed by atoms with Crippen molar-refractivity contribution in [2.75, 3.05) is 24.2 Å². The third-order valence-corrected chi connectivity index (χ3v) is 6.61. The van der Waals surface area contributed by atoms with E-state index in [2.05, 4.69) is 20.5 Å². The van der Waals surface area contributed by atoms with Crippen LogP contribution in [0.4, 0.5) is 5.13 Å². The molecule has 0 radical (unpaired) electrons. The summed E-state index contributed by atoms with van der Waals surface area (Å²) >= 11 is 1.46. The maximum absolute atomic E-state index is 11.9. The van der Waals surface area contributed by atoms with E-state index in [1.165, 1.54) is 11.3 Å². The second kappa shape index (κ2) is 6.90. The first kappa shape index (κ1) is 16.3. The van der Waals surface area contributed by atoms with Crippen LogP contribution in [0.3, 0.4) is 0 Å². The fourth-order valence-electron chi connectivity index (χ4n) is 2.51. The van der Waals surface area contributed by atoms with E-state index in [-0.39, 0.29) is 11.8 Å². The van der Waals surface area contributed by atoms with E-state index in [1.807, 2.05) is 18.2 Å². The topological polar surface area (TPSA) is 88.1 Å². The van der Waals surface area contributed by atoms with Gasteiger partial charge in [0.1, 0.15) is 5.69 Å². The van der Waals surface area contributed by atoms with Gasteiger partial charge < -0.3 is 5.32 Å². The standard InChI is InChI=1S/C14H19N5O2S2/c1-2-23(20,21)19-9-6-11(7-10-19)16-14-18-17-13(22-14)12-5-3-4-8-15-12/h3-5,8,11H,2,6-7,9-10H2,1H3,(H,16,18). The second-order valence-corrected chi connectivity index (χ2v) is 8.58. The molecule has 0 spiro atoms. The van der Waals surface area contributed by atoms with E-state index < -0.39 is 10.0 Å². The van der Waals surface area contributed by atoms with Crippen molar-refractivity contribution in [3.05, 3.63) is 24.4 Å². The molecule has 3 heterocycles. The van der Waals surface area contributed by atoms with Crippen molar-refractivity contribution in [1.82, 2.24) is 19.5 Å². The largest absolute Gasteiger partial charge is 0.357 e. The van der Waals surface area contributed by atoms with Crippen LogP contribution in [0.5, 0.6) is 0 Å². The number of anilines is 1. The highest BCUT2D eigenvalue weighted by atomic mass is 32.2. The Hall–Kier alpha value is -1.58. The number of rotatable bonds is 5. The highest BCUT2D eigenvalue weighted by Gasteiger charge is 2.27. The van der Waals surface area contributed by atoms with Gasteiger partial charge in [-0.3, -0.25) is 4.98 Å². The van der Waals surface area contributed by atoms with Gasteiger partial charge in [-0.2, -0.15) is 0 Å². The van der Waals surface area contributed by atoms with Gasteiger partial charge in [-0.25, -0.2) is 12.7 Å². The van der Waals surface area contributed by atoms with Gasteiger partial charge in [0, 0.05) is 25.3 Å². The zero-order valence-electron chi connectivity index (χ0n) is 12.8. The van der Waals surface area contributed by atoms with E-state index in [4.69, 9.17) is 0 Å². The summed E-state index contributed by atoms with van der Waals surface area (Å²) in [6.45, 7) is 2.79. The third-order valence-electron chi connectivity index (χ3n) is 3.85. The van der Waals surface area contributed by atoms with Crippen LogP contribution < -0.4 is 5.32 Å². The molecule has 9 heteroatoms. The maximum atomic E-state index is 11.9. The summed E-state index contributed by atoms with van der Waals surface area (Å²) in [5, 5.41) is 13.2. The highest BCUT2D eigenvalue weighted by molar-refractivity contribution is 7.89. The molecule has 23 heavy (non-hydrogen) atoms. The van der Waals surface area contributed by atoms with Crippen LogP contribution in [-0.4, -0.2) is 52.8 Å². The molecule has 0 atom stereocenters. The molecule has 1 N–H and O–H groups in total. The maximum Gasteiger partial charge on any atom is 0.213 e. The first-order valence-corrected chi connectivity index (χ1v) is 10.0. The molecule has 0 saturated carbocycles. The van der Waals surface area contributed by atoms with Gasteiger partial charge >= 0.3 is 0 Å². The van der Waals surface area contributed by atoms with Crippen LogP contribution in [0.15, 0.2) is 24.4 Å². The Kier molecular flexibility index (Phi) is 4.88. The predicted octanol–water partition coefficient (Wildman–Crippen LogP) is 1.83. The number of piperidine rings is 1. The molecule has 1 aliphatic heterocycles. The molecule has 0 amide bonds. The summed E-state index contributed by atoms with van der Waals surface area (Å²) < 4.78 is 25.3. The van der Waals surface area contributed by atoms with E-state index in [9.17, 15) is 8.42 Å². The molecule has 1 fully saturated rings. The lowest BCUT2D eigenvalue weighted by Crippen LogP contribution is -2.42. The normalized spacial score (nSPS) is 17.3. The fourth-order valence-corrected chi connectivity index (χ4v) is 4.44. The van der Waals surface area contributed by atoms with Crippen LogP contribution in [0.2, 0.25) is 0 Å². The molecule has 0 unspecified atom stereocenters. The van der Waals surface area contributed by atoms with Crippen molar-refractivity contribution >= 4 is 26.5 Å². The molecule has 7 nitrogen and oxygen atoms in total. The smallest absolute Gasteiger partial charge is 0.213 e. The average molecular weight is 353 g/mol. The summed E-state index contributed by atoms with van der Waals surface area (Å²) in [6.07, 6.45) is 3.28. The summed E-state index contributed by atoms with van der Waals surface area (Å²) in [6, 6.07) is 5.91. The van der Waals surface area contributed by atoms with Crippen LogP contribution in [0.25, 0.3) is 10.7 Å². The van der Waals surface area contributed by atoms with Gasteiger partial charge in [0.05, 0.1) is 5.75 Å². The van der Waals surface area contributed by atoms with E-state index in [0.29, 0.717) is 13.1 Å².